The Kier molecular flexibility index (Phi) is 4.37. The zero-order valence-corrected chi connectivity index (χ0v) is 11.1. The van der Waals surface area contributed by atoms with Gasteiger partial charge in [0.05, 0.1) is 11.5 Å². The van der Waals surface area contributed by atoms with Crippen molar-refractivity contribution in [3.63, 3.8) is 0 Å². The molecule has 5 heteroatoms. The van der Waals surface area contributed by atoms with Gasteiger partial charge in [0.25, 0.3) is 0 Å². The smallest absolute Gasteiger partial charge is 0.240 e. The van der Waals surface area contributed by atoms with Crippen LogP contribution in [0.25, 0.3) is 0 Å². The molecule has 2 rings (SSSR count). The van der Waals surface area contributed by atoms with Gasteiger partial charge in [-0.25, -0.2) is 13.1 Å². The first-order chi connectivity index (χ1) is 8.62. The van der Waals surface area contributed by atoms with E-state index in [0.29, 0.717) is 18.0 Å². The lowest BCUT2D eigenvalue weighted by Crippen LogP contribution is -2.27. The van der Waals surface area contributed by atoms with Gasteiger partial charge in [-0.2, -0.15) is 0 Å². The highest BCUT2D eigenvalue weighted by Gasteiger charge is 2.19. The Morgan fingerprint density at radius 1 is 1.33 bits per heavy atom. The minimum Gasteiger partial charge on any atom is -0.392 e. The standard InChI is InChI=1S/C13H19NO3S/c15-10-12-5-2-6-13(9-12)18(16,17)14-8-7-11-3-1-4-11/h2,5-6,9,11,14-15H,1,3-4,7-8,10H2. The fourth-order valence-corrected chi connectivity index (χ4v) is 3.19. The van der Waals surface area contributed by atoms with Crippen molar-refractivity contribution in [2.24, 2.45) is 5.92 Å². The van der Waals surface area contributed by atoms with Crippen LogP contribution in [0.15, 0.2) is 29.2 Å². The van der Waals surface area contributed by atoms with E-state index in [1.165, 1.54) is 25.3 Å². The molecule has 2 N–H and O–H groups in total. The van der Waals surface area contributed by atoms with Crippen molar-refractivity contribution in [1.29, 1.82) is 0 Å². The third kappa shape index (κ3) is 3.31. The van der Waals surface area contributed by atoms with Crippen LogP contribution in [-0.4, -0.2) is 20.1 Å². The summed E-state index contributed by atoms with van der Waals surface area (Å²) in [6, 6.07) is 6.40. The molecule has 0 amide bonds. The van der Waals surface area contributed by atoms with Gasteiger partial charge in [-0.15, -0.1) is 0 Å². The van der Waals surface area contributed by atoms with Gasteiger partial charge >= 0.3 is 0 Å². The molecule has 0 unspecified atom stereocenters. The quantitative estimate of drug-likeness (QED) is 0.825. The Bertz CT molecular complexity index is 495. The first-order valence-electron chi connectivity index (χ1n) is 6.31. The molecule has 0 bridgehead atoms. The summed E-state index contributed by atoms with van der Waals surface area (Å²) in [5, 5.41) is 9.00. The molecule has 1 aliphatic rings. The van der Waals surface area contributed by atoms with E-state index in [1.807, 2.05) is 0 Å². The summed E-state index contributed by atoms with van der Waals surface area (Å²) < 4.78 is 26.6. The number of sulfonamides is 1. The van der Waals surface area contributed by atoms with Crippen LogP contribution in [0, 0.1) is 5.92 Å². The van der Waals surface area contributed by atoms with Crippen molar-refractivity contribution in [3.05, 3.63) is 29.8 Å². The zero-order valence-electron chi connectivity index (χ0n) is 10.3. The average Bonchev–Trinajstić information content (AvgIpc) is 2.32. The van der Waals surface area contributed by atoms with Crippen molar-refractivity contribution in [3.8, 4) is 0 Å². The summed E-state index contributed by atoms with van der Waals surface area (Å²) in [5.74, 6) is 0.691. The van der Waals surface area contributed by atoms with Crippen LogP contribution < -0.4 is 4.72 Å². The maximum absolute atomic E-state index is 12.0. The number of rotatable bonds is 6. The number of hydrogen-bond donors (Lipinski definition) is 2. The highest BCUT2D eigenvalue weighted by Crippen LogP contribution is 2.28. The van der Waals surface area contributed by atoms with Gasteiger partial charge in [-0.05, 0) is 30.0 Å². The number of aliphatic hydroxyl groups is 1. The molecular weight excluding hydrogens is 250 g/mol. The molecule has 1 aromatic carbocycles. The summed E-state index contributed by atoms with van der Waals surface area (Å²) in [4.78, 5) is 0.225. The van der Waals surface area contributed by atoms with E-state index in [4.69, 9.17) is 5.11 Å². The summed E-state index contributed by atoms with van der Waals surface area (Å²) in [5.41, 5.74) is 0.608. The SMILES string of the molecule is O=S(=O)(NCCC1CCC1)c1cccc(CO)c1. The molecular formula is C13H19NO3S. The largest absolute Gasteiger partial charge is 0.392 e. The second-order valence-corrected chi connectivity index (χ2v) is 6.56. The maximum atomic E-state index is 12.0. The predicted octanol–water partition coefficient (Wildman–Crippen LogP) is 1.65. The highest BCUT2D eigenvalue weighted by atomic mass is 32.2. The van der Waals surface area contributed by atoms with E-state index in [1.54, 1.807) is 18.2 Å². The molecule has 0 heterocycles. The van der Waals surface area contributed by atoms with Crippen molar-refractivity contribution < 1.29 is 13.5 Å². The summed E-state index contributed by atoms with van der Waals surface area (Å²) in [7, 11) is -3.43. The van der Waals surface area contributed by atoms with Gasteiger partial charge in [-0.1, -0.05) is 31.4 Å². The molecule has 0 aromatic heterocycles. The normalized spacial score (nSPS) is 16.5. The predicted molar refractivity (Wildman–Crippen MR) is 69.5 cm³/mol. The van der Waals surface area contributed by atoms with Gasteiger partial charge in [0, 0.05) is 6.54 Å². The highest BCUT2D eigenvalue weighted by molar-refractivity contribution is 7.89. The molecule has 1 aromatic rings. The lowest BCUT2D eigenvalue weighted by Gasteiger charge is -2.25. The fourth-order valence-electron chi connectivity index (χ4n) is 2.07. The molecule has 1 fully saturated rings. The second-order valence-electron chi connectivity index (χ2n) is 4.79. The first kappa shape index (κ1) is 13.5. The van der Waals surface area contributed by atoms with Crippen LogP contribution in [0.1, 0.15) is 31.2 Å². The van der Waals surface area contributed by atoms with Gasteiger partial charge in [-0.3, -0.25) is 0 Å². The molecule has 1 aliphatic carbocycles. The second kappa shape index (κ2) is 5.82. The monoisotopic (exact) mass is 269 g/mol. The van der Waals surface area contributed by atoms with Crippen molar-refractivity contribution >= 4 is 10.0 Å². The van der Waals surface area contributed by atoms with Gasteiger partial charge < -0.3 is 5.11 Å². The lowest BCUT2D eigenvalue weighted by molar-refractivity contribution is 0.281. The van der Waals surface area contributed by atoms with E-state index in [0.717, 1.165) is 6.42 Å². The van der Waals surface area contributed by atoms with Gasteiger partial charge in [0.2, 0.25) is 10.0 Å². The molecule has 0 spiro atoms. The van der Waals surface area contributed by atoms with Crippen LogP contribution in [-0.2, 0) is 16.6 Å². The Morgan fingerprint density at radius 2 is 2.11 bits per heavy atom. The molecule has 0 radical (unpaired) electrons. The maximum Gasteiger partial charge on any atom is 0.240 e. The minimum absolute atomic E-state index is 0.147. The van der Waals surface area contributed by atoms with Crippen LogP contribution in [0.2, 0.25) is 0 Å². The van der Waals surface area contributed by atoms with Gasteiger partial charge in [0.15, 0.2) is 0 Å². The lowest BCUT2D eigenvalue weighted by atomic mass is 9.83. The molecule has 0 saturated heterocycles. The number of benzene rings is 1. The molecule has 18 heavy (non-hydrogen) atoms. The van der Waals surface area contributed by atoms with E-state index >= 15 is 0 Å². The first-order valence-corrected chi connectivity index (χ1v) is 7.79. The number of aliphatic hydroxyl groups excluding tert-OH is 1. The Morgan fingerprint density at radius 3 is 2.72 bits per heavy atom. The molecule has 1 saturated carbocycles. The number of hydrogen-bond acceptors (Lipinski definition) is 3. The van der Waals surface area contributed by atoms with Crippen molar-refractivity contribution in [2.75, 3.05) is 6.54 Å². The minimum atomic E-state index is -3.43. The third-order valence-corrected chi connectivity index (χ3v) is 4.92. The number of nitrogens with one attached hydrogen (secondary N) is 1. The van der Waals surface area contributed by atoms with E-state index < -0.39 is 10.0 Å². The van der Waals surface area contributed by atoms with Crippen LogP contribution in [0.3, 0.4) is 0 Å². The fraction of sp³-hybridized carbons (Fsp3) is 0.538. The summed E-state index contributed by atoms with van der Waals surface area (Å²) in [6.45, 7) is 0.349. The summed E-state index contributed by atoms with van der Waals surface area (Å²) >= 11 is 0. The van der Waals surface area contributed by atoms with E-state index in [2.05, 4.69) is 4.72 Å². The topological polar surface area (TPSA) is 66.4 Å². The Balaban J connectivity index is 1.95. The zero-order chi connectivity index (χ0) is 13.0. The van der Waals surface area contributed by atoms with E-state index in [9.17, 15) is 8.42 Å². The Hall–Kier alpha value is -0.910. The van der Waals surface area contributed by atoms with Crippen molar-refractivity contribution in [2.45, 2.75) is 37.2 Å². The van der Waals surface area contributed by atoms with Gasteiger partial charge in [0.1, 0.15) is 0 Å². The molecule has 4 nitrogen and oxygen atoms in total. The van der Waals surface area contributed by atoms with E-state index in [-0.39, 0.29) is 11.5 Å². The Labute approximate surface area is 108 Å². The summed E-state index contributed by atoms with van der Waals surface area (Å²) in [6.07, 6.45) is 4.64. The molecule has 100 valence electrons. The molecule has 0 atom stereocenters. The van der Waals surface area contributed by atoms with Crippen LogP contribution in [0.4, 0.5) is 0 Å². The average molecular weight is 269 g/mol. The third-order valence-electron chi connectivity index (χ3n) is 3.46. The van der Waals surface area contributed by atoms with Crippen LogP contribution >= 0.6 is 0 Å². The molecule has 0 aliphatic heterocycles. The van der Waals surface area contributed by atoms with Crippen molar-refractivity contribution in [1.82, 2.24) is 4.72 Å². The van der Waals surface area contributed by atoms with Crippen LogP contribution in [0.5, 0.6) is 0 Å².